The van der Waals surface area contributed by atoms with Crippen LogP contribution < -0.4 is 19.7 Å². The third-order valence-electron chi connectivity index (χ3n) is 5.80. The number of hydrogen-bond acceptors (Lipinski definition) is 6. The lowest BCUT2D eigenvalue weighted by Crippen LogP contribution is -2.54. The Morgan fingerprint density at radius 1 is 1.00 bits per heavy atom. The zero-order chi connectivity index (χ0) is 26.5. The molecule has 0 saturated carbocycles. The van der Waals surface area contributed by atoms with Gasteiger partial charge < -0.3 is 14.6 Å². The van der Waals surface area contributed by atoms with E-state index >= 15 is 0 Å². The molecule has 1 aliphatic rings. The van der Waals surface area contributed by atoms with Crippen LogP contribution in [0.5, 0.6) is 11.5 Å². The zero-order valence-electron chi connectivity index (χ0n) is 20.2. The average Bonchev–Trinajstić information content (AvgIpc) is 2.90. The quantitative estimate of drug-likeness (QED) is 0.260. The van der Waals surface area contributed by atoms with E-state index in [-0.39, 0.29) is 22.9 Å². The van der Waals surface area contributed by atoms with Gasteiger partial charge in [0.1, 0.15) is 12.2 Å². The third-order valence-corrected chi connectivity index (χ3v) is 6.08. The van der Waals surface area contributed by atoms with Crippen molar-refractivity contribution in [3.05, 3.63) is 94.6 Å². The second kappa shape index (κ2) is 11.0. The van der Waals surface area contributed by atoms with Crippen LogP contribution >= 0.6 is 12.2 Å². The van der Waals surface area contributed by atoms with Gasteiger partial charge in [0.05, 0.1) is 18.4 Å². The predicted molar refractivity (Wildman–Crippen MR) is 143 cm³/mol. The number of ether oxygens (including phenoxy) is 2. The van der Waals surface area contributed by atoms with E-state index < -0.39 is 17.8 Å². The normalized spacial score (nSPS) is 14.5. The number of carboxylic acids is 1. The lowest BCUT2D eigenvalue weighted by molar-refractivity contribution is -0.122. The molecule has 1 fully saturated rings. The first kappa shape index (κ1) is 25.6. The summed E-state index contributed by atoms with van der Waals surface area (Å²) in [5.74, 6) is -1.25. The molecule has 1 saturated heterocycles. The monoisotopic (exact) mass is 516 g/mol. The molecule has 0 radical (unpaired) electrons. The molecule has 3 aromatic carbocycles. The zero-order valence-corrected chi connectivity index (χ0v) is 21.0. The molecule has 0 spiro atoms. The fourth-order valence-electron chi connectivity index (χ4n) is 3.74. The number of amides is 2. The maximum Gasteiger partial charge on any atom is 0.335 e. The van der Waals surface area contributed by atoms with E-state index in [0.717, 1.165) is 17.5 Å². The average molecular weight is 517 g/mol. The van der Waals surface area contributed by atoms with Crippen LogP contribution in [-0.2, 0) is 22.6 Å². The van der Waals surface area contributed by atoms with E-state index in [2.05, 4.69) is 5.32 Å². The minimum atomic E-state index is -0.997. The van der Waals surface area contributed by atoms with Gasteiger partial charge in [0, 0.05) is 0 Å². The number of aryl methyl sites for hydroxylation is 1. The summed E-state index contributed by atoms with van der Waals surface area (Å²) in [4.78, 5) is 38.2. The Morgan fingerprint density at radius 3 is 2.30 bits per heavy atom. The summed E-state index contributed by atoms with van der Waals surface area (Å²) in [7, 11) is 1.49. The highest BCUT2D eigenvalue weighted by Gasteiger charge is 2.34. The maximum absolute atomic E-state index is 13.3. The Hall–Kier alpha value is -4.50. The van der Waals surface area contributed by atoms with E-state index in [9.17, 15) is 14.4 Å². The van der Waals surface area contributed by atoms with Gasteiger partial charge in [-0.25, -0.2) is 4.79 Å². The summed E-state index contributed by atoms with van der Waals surface area (Å²) < 4.78 is 11.3. The van der Waals surface area contributed by atoms with E-state index in [0.29, 0.717) is 22.7 Å². The van der Waals surface area contributed by atoms with Crippen molar-refractivity contribution < 1.29 is 29.0 Å². The lowest BCUT2D eigenvalue weighted by atomic mass is 10.1. The molecule has 1 heterocycles. The van der Waals surface area contributed by atoms with Gasteiger partial charge in [-0.2, -0.15) is 0 Å². The lowest BCUT2D eigenvalue weighted by Gasteiger charge is -2.29. The molecule has 2 amide bonds. The Morgan fingerprint density at radius 2 is 1.68 bits per heavy atom. The summed E-state index contributed by atoms with van der Waals surface area (Å²) in [6.07, 6.45) is 2.34. The molecule has 0 aliphatic carbocycles. The first-order valence-corrected chi connectivity index (χ1v) is 11.8. The molecule has 8 nitrogen and oxygen atoms in total. The highest BCUT2D eigenvalue weighted by molar-refractivity contribution is 7.80. The summed E-state index contributed by atoms with van der Waals surface area (Å²) in [5.41, 5.74) is 3.15. The van der Waals surface area contributed by atoms with Crippen LogP contribution in [0.15, 0.2) is 72.3 Å². The van der Waals surface area contributed by atoms with Crippen molar-refractivity contribution in [1.29, 1.82) is 0 Å². The van der Waals surface area contributed by atoms with Crippen molar-refractivity contribution in [2.75, 3.05) is 12.0 Å². The van der Waals surface area contributed by atoms with Crippen LogP contribution in [0.25, 0.3) is 6.08 Å². The summed E-state index contributed by atoms with van der Waals surface area (Å²) in [5, 5.41) is 11.6. The number of aromatic carboxylic acids is 1. The van der Waals surface area contributed by atoms with Crippen molar-refractivity contribution in [1.82, 2.24) is 5.32 Å². The first-order valence-electron chi connectivity index (χ1n) is 11.4. The first-order chi connectivity index (χ1) is 17.8. The molecule has 3 aromatic rings. The molecule has 4 rings (SSSR count). The Balaban J connectivity index is 1.55. The van der Waals surface area contributed by atoms with Gasteiger partial charge in [-0.3, -0.25) is 19.8 Å². The highest BCUT2D eigenvalue weighted by atomic mass is 32.1. The Labute approximate surface area is 219 Å². The molecular formula is C28H24N2O6S. The third kappa shape index (κ3) is 5.68. The minimum absolute atomic E-state index is 0.0223. The number of methoxy groups -OCH3 is 1. The number of hydrogen-bond donors (Lipinski definition) is 2. The van der Waals surface area contributed by atoms with E-state index in [1.807, 2.05) is 19.1 Å². The predicted octanol–water partition coefficient (Wildman–Crippen LogP) is 4.37. The molecule has 37 heavy (non-hydrogen) atoms. The van der Waals surface area contributed by atoms with Crippen LogP contribution in [0.3, 0.4) is 0 Å². The fraction of sp³-hybridized carbons (Fsp3) is 0.143. The van der Waals surface area contributed by atoms with Crippen LogP contribution in [0, 0.1) is 0 Å². The SMILES string of the molecule is CCc1ccc(N2C(=O)C(=Cc3ccc(OCc4ccc(C(=O)O)cc4)c(OC)c3)C(=O)NC2=S)cc1. The number of rotatable bonds is 8. The van der Waals surface area contributed by atoms with Crippen LogP contribution in [0.4, 0.5) is 5.69 Å². The van der Waals surface area contributed by atoms with Crippen LogP contribution in [0.1, 0.15) is 34.0 Å². The maximum atomic E-state index is 13.3. The van der Waals surface area contributed by atoms with Crippen molar-refractivity contribution in [3.8, 4) is 11.5 Å². The largest absolute Gasteiger partial charge is 0.493 e. The smallest absolute Gasteiger partial charge is 0.335 e. The van der Waals surface area contributed by atoms with Gasteiger partial charge in [-0.15, -0.1) is 0 Å². The van der Waals surface area contributed by atoms with Crippen LogP contribution in [-0.4, -0.2) is 35.1 Å². The van der Waals surface area contributed by atoms with Gasteiger partial charge in [-0.1, -0.05) is 37.3 Å². The molecular weight excluding hydrogens is 492 g/mol. The Kier molecular flexibility index (Phi) is 7.64. The molecule has 1 aliphatic heterocycles. The van der Waals surface area contributed by atoms with Gasteiger partial charge in [0.25, 0.3) is 11.8 Å². The summed E-state index contributed by atoms with van der Waals surface area (Å²) in [6.45, 7) is 2.23. The van der Waals surface area contributed by atoms with E-state index in [4.69, 9.17) is 26.8 Å². The fourth-order valence-corrected chi connectivity index (χ4v) is 4.02. The van der Waals surface area contributed by atoms with E-state index in [1.54, 1.807) is 42.5 Å². The van der Waals surface area contributed by atoms with Gasteiger partial charge in [0.15, 0.2) is 16.6 Å². The topological polar surface area (TPSA) is 105 Å². The van der Waals surface area contributed by atoms with Gasteiger partial charge >= 0.3 is 5.97 Å². The van der Waals surface area contributed by atoms with E-state index in [1.165, 1.54) is 30.2 Å². The van der Waals surface area contributed by atoms with Gasteiger partial charge in [0.2, 0.25) is 0 Å². The number of carbonyl (C=O) groups is 3. The molecule has 0 aromatic heterocycles. The van der Waals surface area contributed by atoms with Gasteiger partial charge in [-0.05, 0) is 77.8 Å². The van der Waals surface area contributed by atoms with Crippen LogP contribution in [0.2, 0.25) is 0 Å². The Bertz CT molecular complexity index is 1400. The number of thiocarbonyl (C=S) groups is 1. The standard InChI is InChI=1S/C28H24N2O6S/c1-3-17-6-11-21(12-7-17)30-26(32)22(25(31)29-28(30)37)14-19-8-13-23(24(15-19)35-2)36-16-18-4-9-20(10-5-18)27(33)34/h4-15H,3,16H2,1-2H3,(H,33,34)(H,29,31,37). The second-order valence-electron chi connectivity index (χ2n) is 8.18. The number of nitrogens with zero attached hydrogens (tertiary/aromatic N) is 1. The molecule has 9 heteroatoms. The van der Waals surface area contributed by atoms with Crippen molar-refractivity contribution >= 4 is 46.9 Å². The molecule has 2 N–H and O–H groups in total. The summed E-state index contributed by atoms with van der Waals surface area (Å²) >= 11 is 5.27. The van der Waals surface area contributed by atoms with Crippen molar-refractivity contribution in [2.45, 2.75) is 20.0 Å². The minimum Gasteiger partial charge on any atom is -0.493 e. The second-order valence-corrected chi connectivity index (χ2v) is 8.57. The van der Waals surface area contributed by atoms with Crippen molar-refractivity contribution in [2.24, 2.45) is 0 Å². The summed E-state index contributed by atoms with van der Waals surface area (Å²) in [6, 6.07) is 18.8. The molecule has 0 bridgehead atoms. The molecule has 188 valence electrons. The number of anilines is 1. The van der Waals surface area contributed by atoms with Crippen molar-refractivity contribution in [3.63, 3.8) is 0 Å². The highest BCUT2D eigenvalue weighted by Crippen LogP contribution is 2.30. The molecule has 0 unspecified atom stereocenters. The number of carbonyl (C=O) groups excluding carboxylic acids is 2. The number of benzene rings is 3. The molecule has 0 atom stereocenters. The number of nitrogens with one attached hydrogen (secondary N) is 1. The number of carboxylic acid groups (broad SMARTS) is 1.